The quantitative estimate of drug-likeness (QED) is 0.280. The molecule has 0 spiro atoms. The first-order valence-electron chi connectivity index (χ1n) is 7.91. The van der Waals surface area contributed by atoms with Crippen LogP contribution in [0.4, 0.5) is 52.7 Å². The lowest BCUT2D eigenvalue weighted by molar-refractivity contribution is -0.438. The molecule has 0 saturated carbocycles. The Labute approximate surface area is 172 Å². The number of ether oxygens (including phenoxy) is 1. The van der Waals surface area contributed by atoms with E-state index in [1.165, 1.54) is 0 Å². The van der Waals surface area contributed by atoms with Crippen LogP contribution in [0.15, 0.2) is 49.9 Å². The van der Waals surface area contributed by atoms with Crippen molar-refractivity contribution < 1.29 is 57.4 Å². The van der Waals surface area contributed by atoms with E-state index in [-0.39, 0.29) is 0 Å². The summed E-state index contributed by atoms with van der Waals surface area (Å²) in [7, 11) is 0. The number of alkyl halides is 11. The van der Waals surface area contributed by atoms with Crippen LogP contribution < -0.4 is 0 Å². The monoisotopic (exact) mass is 484 g/mol. The Morgan fingerprint density at radius 3 is 1.19 bits per heavy atom. The highest BCUT2D eigenvalue weighted by Gasteiger charge is 2.73. The molecule has 0 amide bonds. The lowest BCUT2D eigenvalue weighted by Gasteiger charge is -2.34. The second-order valence-corrected chi connectivity index (χ2v) is 5.29. The molecule has 0 aromatic carbocycles. The Hall–Kier alpha value is -1.92. The molecule has 0 aliphatic rings. The molecule has 0 aliphatic carbocycles. The first-order valence-corrected chi connectivity index (χ1v) is 7.91. The van der Waals surface area contributed by atoms with Crippen LogP contribution in [0.5, 0.6) is 0 Å². The van der Waals surface area contributed by atoms with Crippen molar-refractivity contribution in [1.82, 2.24) is 0 Å². The summed E-state index contributed by atoms with van der Waals surface area (Å²) in [4.78, 5) is 0. The van der Waals surface area contributed by atoms with Crippen molar-refractivity contribution in [2.24, 2.45) is 0 Å². The topological polar surface area (TPSA) is 9.23 Å². The maximum atomic E-state index is 13.1. The zero-order chi connectivity index (χ0) is 26.5. The van der Waals surface area contributed by atoms with Crippen molar-refractivity contribution in [3.63, 3.8) is 0 Å². The molecule has 31 heavy (non-hydrogen) atoms. The largest absolute Gasteiger partial charge is 0.431 e. The second-order valence-electron chi connectivity index (χ2n) is 5.29. The molecule has 0 saturated heterocycles. The van der Waals surface area contributed by atoms with Crippen LogP contribution in [0.3, 0.4) is 0 Å². The van der Waals surface area contributed by atoms with Gasteiger partial charge in [-0.3, -0.25) is 0 Å². The molecular formula is C18H24F12O. The summed E-state index contributed by atoms with van der Waals surface area (Å²) >= 11 is 0. The molecule has 0 fully saturated rings. The summed E-state index contributed by atoms with van der Waals surface area (Å²) in [6.45, 7) is 16.4. The molecule has 186 valence electrons. The van der Waals surface area contributed by atoms with E-state index in [2.05, 4.69) is 24.5 Å². The van der Waals surface area contributed by atoms with E-state index < -0.39 is 48.1 Å². The third-order valence-electron chi connectivity index (χ3n) is 2.45. The molecule has 0 aromatic rings. The van der Waals surface area contributed by atoms with Crippen molar-refractivity contribution in [3.8, 4) is 0 Å². The highest BCUT2D eigenvalue weighted by molar-refractivity contribution is 4.98. The lowest BCUT2D eigenvalue weighted by Crippen LogP contribution is -2.58. The predicted octanol–water partition coefficient (Wildman–Crippen LogP) is 8.86. The van der Waals surface area contributed by atoms with Crippen LogP contribution in [0, 0.1) is 0 Å². The molecule has 0 aliphatic heterocycles. The molecule has 0 aromatic heterocycles. The molecule has 0 rings (SSSR count). The van der Waals surface area contributed by atoms with Crippen LogP contribution in [0.1, 0.15) is 34.1 Å². The maximum Gasteiger partial charge on any atom is 0.431 e. The summed E-state index contributed by atoms with van der Waals surface area (Å²) in [5, 5.41) is 0. The standard InChI is InChI=1S/C8H7F9O.C4H5F3.2C3H6/c1-3-5(10,7(13,14)15)8(16,17)18-6(11,12)4(2)9;1-3(2)4(5,6)7;2*1-3-2/h2-3H2,1H3;1H2,2H3;2*3H,1H2,2H3. The van der Waals surface area contributed by atoms with E-state index >= 15 is 0 Å². The zero-order valence-electron chi connectivity index (χ0n) is 17.1. The van der Waals surface area contributed by atoms with Gasteiger partial charge in [0.2, 0.25) is 0 Å². The van der Waals surface area contributed by atoms with Gasteiger partial charge in [0.1, 0.15) is 0 Å². The van der Waals surface area contributed by atoms with Gasteiger partial charge in [0, 0.05) is 5.57 Å². The fourth-order valence-corrected chi connectivity index (χ4v) is 0.869. The van der Waals surface area contributed by atoms with Gasteiger partial charge >= 0.3 is 24.6 Å². The first-order chi connectivity index (χ1) is 13.5. The minimum atomic E-state index is -6.18. The van der Waals surface area contributed by atoms with Gasteiger partial charge < -0.3 is 0 Å². The molecule has 0 heterocycles. The average molecular weight is 484 g/mol. The minimum Gasteiger partial charge on any atom is -0.247 e. The van der Waals surface area contributed by atoms with E-state index in [4.69, 9.17) is 0 Å². The van der Waals surface area contributed by atoms with E-state index in [1.807, 2.05) is 20.4 Å². The lowest BCUT2D eigenvalue weighted by atomic mass is 10.0. The average Bonchev–Trinajstić information content (AvgIpc) is 2.52. The minimum absolute atomic E-state index is 0.340. The second kappa shape index (κ2) is 14.2. The van der Waals surface area contributed by atoms with Gasteiger partial charge in [0.15, 0.2) is 5.83 Å². The number of allylic oxidation sites excluding steroid dienone is 3. The van der Waals surface area contributed by atoms with Gasteiger partial charge in [-0.25, -0.2) is 13.5 Å². The fourth-order valence-electron chi connectivity index (χ4n) is 0.869. The van der Waals surface area contributed by atoms with Crippen molar-refractivity contribution in [1.29, 1.82) is 0 Å². The Bertz CT molecular complexity index is 555. The molecule has 1 unspecified atom stereocenters. The predicted molar refractivity (Wildman–Crippen MR) is 94.0 cm³/mol. The molecule has 1 nitrogen and oxygen atoms in total. The van der Waals surface area contributed by atoms with Crippen LogP contribution in [0.2, 0.25) is 0 Å². The summed E-state index contributed by atoms with van der Waals surface area (Å²) in [6.07, 6.45) is -20.2. The molecule has 0 radical (unpaired) electrons. The van der Waals surface area contributed by atoms with Crippen molar-refractivity contribution in [2.75, 3.05) is 0 Å². The number of rotatable bonds is 5. The van der Waals surface area contributed by atoms with Crippen molar-refractivity contribution >= 4 is 0 Å². The summed E-state index contributed by atoms with van der Waals surface area (Å²) in [6, 6.07) is 0. The summed E-state index contributed by atoms with van der Waals surface area (Å²) in [5.74, 6) is -2.78. The molecule has 1 atom stereocenters. The van der Waals surface area contributed by atoms with E-state index in [0.29, 0.717) is 6.92 Å². The van der Waals surface area contributed by atoms with Crippen LogP contribution >= 0.6 is 0 Å². The normalized spacial score (nSPS) is 13.5. The Morgan fingerprint density at radius 1 is 0.806 bits per heavy atom. The molecule has 13 heteroatoms. The highest BCUT2D eigenvalue weighted by Crippen LogP contribution is 2.50. The zero-order valence-corrected chi connectivity index (χ0v) is 17.1. The van der Waals surface area contributed by atoms with Gasteiger partial charge in [0.05, 0.1) is 0 Å². The number of hydrogen-bond acceptors (Lipinski definition) is 1. The van der Waals surface area contributed by atoms with Crippen molar-refractivity contribution in [2.45, 2.75) is 64.4 Å². The molecule has 0 bridgehead atoms. The highest BCUT2D eigenvalue weighted by atomic mass is 19.4. The van der Waals surface area contributed by atoms with Crippen molar-refractivity contribution in [3.05, 3.63) is 49.9 Å². The van der Waals surface area contributed by atoms with Crippen LogP contribution in [0.25, 0.3) is 0 Å². The van der Waals surface area contributed by atoms with Gasteiger partial charge in [-0.1, -0.05) is 32.2 Å². The van der Waals surface area contributed by atoms with Gasteiger partial charge in [-0.2, -0.15) is 43.9 Å². The Balaban J connectivity index is -0.000000230. The molecular weight excluding hydrogens is 460 g/mol. The fraction of sp³-hybridized carbons (Fsp3) is 0.556. The van der Waals surface area contributed by atoms with E-state index in [1.54, 1.807) is 12.2 Å². The van der Waals surface area contributed by atoms with E-state index in [0.717, 1.165) is 6.92 Å². The first kappa shape index (κ1) is 36.5. The Kier molecular flexibility index (Phi) is 16.7. The molecule has 0 N–H and O–H groups in total. The summed E-state index contributed by atoms with van der Waals surface area (Å²) < 4.78 is 147. The third kappa shape index (κ3) is 13.9. The Morgan fingerprint density at radius 2 is 1.06 bits per heavy atom. The summed E-state index contributed by atoms with van der Waals surface area (Å²) in [5.41, 5.74) is -6.13. The smallest absolute Gasteiger partial charge is 0.247 e. The number of halogens is 12. The number of hydrogen-bond donors (Lipinski definition) is 0. The van der Waals surface area contributed by atoms with Crippen LogP contribution in [-0.2, 0) is 4.74 Å². The maximum absolute atomic E-state index is 13.1. The van der Waals surface area contributed by atoms with Gasteiger partial charge in [-0.15, -0.1) is 13.2 Å². The SMILES string of the molecule is C=C(C)C(F)(F)F.C=C(F)C(F)(F)OC(F)(F)C(F)(CC)C(F)(F)F.C=CC.C=CC. The van der Waals surface area contributed by atoms with Crippen LogP contribution in [-0.4, -0.2) is 30.2 Å². The van der Waals surface area contributed by atoms with Gasteiger partial charge in [0.25, 0.3) is 5.67 Å². The van der Waals surface area contributed by atoms with Gasteiger partial charge in [-0.05, 0) is 27.2 Å². The van der Waals surface area contributed by atoms with E-state index in [9.17, 15) is 52.7 Å². The third-order valence-corrected chi connectivity index (χ3v) is 2.45.